The summed E-state index contributed by atoms with van der Waals surface area (Å²) in [6, 6.07) is 2.37. The van der Waals surface area contributed by atoms with E-state index in [1.165, 1.54) is 5.56 Å². The fourth-order valence-corrected chi connectivity index (χ4v) is 2.11. The van der Waals surface area contributed by atoms with Gasteiger partial charge in [-0.05, 0) is 51.8 Å². The molecule has 0 aliphatic carbocycles. The summed E-state index contributed by atoms with van der Waals surface area (Å²) >= 11 is 0. The number of nitrogens with one attached hydrogen (secondary N) is 1. The number of rotatable bonds is 9. The molecule has 0 saturated carbocycles. The zero-order valence-electron chi connectivity index (χ0n) is 13.3. The van der Waals surface area contributed by atoms with Crippen molar-refractivity contribution in [2.24, 2.45) is 0 Å². The first-order valence-corrected chi connectivity index (χ1v) is 7.44. The molecule has 0 aromatic carbocycles. The second-order valence-electron chi connectivity index (χ2n) is 5.35. The molecule has 0 aliphatic rings. The summed E-state index contributed by atoms with van der Waals surface area (Å²) in [5.74, 6) is 0.834. The van der Waals surface area contributed by atoms with E-state index in [2.05, 4.69) is 30.2 Å². The van der Waals surface area contributed by atoms with Gasteiger partial charge in [-0.3, -0.25) is 4.98 Å². The van der Waals surface area contributed by atoms with Crippen molar-refractivity contribution in [3.63, 3.8) is 0 Å². The number of hydrogen-bond donors (Lipinski definition) is 1. The van der Waals surface area contributed by atoms with Gasteiger partial charge in [0.2, 0.25) is 0 Å². The van der Waals surface area contributed by atoms with Crippen LogP contribution in [0.25, 0.3) is 0 Å². The number of methoxy groups -OCH3 is 1. The van der Waals surface area contributed by atoms with E-state index in [9.17, 15) is 0 Å². The van der Waals surface area contributed by atoms with Crippen LogP contribution in [-0.2, 0) is 4.74 Å². The van der Waals surface area contributed by atoms with Crippen molar-refractivity contribution in [1.29, 1.82) is 0 Å². The SMILES string of the molecule is CCNC(CCC(C)OC)c1cncc(OC(C)C)c1. The quantitative estimate of drug-likeness (QED) is 0.753. The Hall–Kier alpha value is -1.13. The molecule has 0 amide bonds. The summed E-state index contributed by atoms with van der Waals surface area (Å²) in [4.78, 5) is 4.29. The Morgan fingerprint density at radius 2 is 1.95 bits per heavy atom. The highest BCUT2D eigenvalue weighted by Crippen LogP contribution is 2.23. The number of aromatic nitrogens is 1. The van der Waals surface area contributed by atoms with Gasteiger partial charge in [0.15, 0.2) is 0 Å². The minimum absolute atomic E-state index is 0.165. The predicted molar refractivity (Wildman–Crippen MR) is 82.1 cm³/mol. The standard InChI is InChI=1S/C16H28N2O2/c1-6-18-16(8-7-13(4)19-5)14-9-15(11-17-10-14)20-12(2)3/h9-13,16,18H,6-8H2,1-5H3. The summed E-state index contributed by atoms with van der Waals surface area (Å²) in [7, 11) is 1.76. The molecule has 0 aliphatic heterocycles. The van der Waals surface area contributed by atoms with Crippen molar-refractivity contribution in [2.75, 3.05) is 13.7 Å². The Labute approximate surface area is 122 Å². The van der Waals surface area contributed by atoms with Crippen LogP contribution in [0.15, 0.2) is 18.5 Å². The summed E-state index contributed by atoms with van der Waals surface area (Å²) < 4.78 is 11.0. The van der Waals surface area contributed by atoms with Crippen molar-refractivity contribution < 1.29 is 9.47 Å². The molecule has 0 spiro atoms. The zero-order valence-corrected chi connectivity index (χ0v) is 13.3. The Morgan fingerprint density at radius 3 is 2.55 bits per heavy atom. The summed E-state index contributed by atoms with van der Waals surface area (Å²) in [6.45, 7) is 9.19. The molecule has 0 fully saturated rings. The summed E-state index contributed by atoms with van der Waals surface area (Å²) in [5.41, 5.74) is 1.17. The van der Waals surface area contributed by atoms with E-state index < -0.39 is 0 Å². The molecule has 1 aromatic heterocycles. The topological polar surface area (TPSA) is 43.4 Å². The molecular weight excluding hydrogens is 252 g/mol. The number of ether oxygens (including phenoxy) is 2. The van der Waals surface area contributed by atoms with Gasteiger partial charge in [-0.25, -0.2) is 0 Å². The number of pyridine rings is 1. The largest absolute Gasteiger partial charge is 0.489 e. The van der Waals surface area contributed by atoms with Crippen LogP contribution in [0.2, 0.25) is 0 Å². The van der Waals surface area contributed by atoms with Crippen molar-refractivity contribution in [1.82, 2.24) is 10.3 Å². The number of hydrogen-bond acceptors (Lipinski definition) is 4. The zero-order chi connectivity index (χ0) is 15.0. The third-order valence-corrected chi connectivity index (χ3v) is 3.22. The molecule has 114 valence electrons. The van der Waals surface area contributed by atoms with Crippen LogP contribution in [0.4, 0.5) is 0 Å². The Morgan fingerprint density at radius 1 is 1.20 bits per heavy atom. The van der Waals surface area contributed by atoms with Crippen molar-refractivity contribution in [3.05, 3.63) is 24.0 Å². The van der Waals surface area contributed by atoms with Crippen LogP contribution in [-0.4, -0.2) is 30.8 Å². The molecule has 4 heteroatoms. The van der Waals surface area contributed by atoms with Crippen LogP contribution in [0, 0.1) is 0 Å². The van der Waals surface area contributed by atoms with E-state index in [0.717, 1.165) is 25.1 Å². The third-order valence-electron chi connectivity index (χ3n) is 3.22. The van der Waals surface area contributed by atoms with Crippen LogP contribution in [0.3, 0.4) is 0 Å². The first kappa shape index (κ1) is 16.9. The minimum atomic E-state index is 0.165. The third kappa shape index (κ3) is 5.88. The van der Waals surface area contributed by atoms with Gasteiger partial charge in [0.05, 0.1) is 18.4 Å². The van der Waals surface area contributed by atoms with Crippen molar-refractivity contribution in [3.8, 4) is 5.75 Å². The first-order chi connectivity index (χ1) is 9.56. The highest BCUT2D eigenvalue weighted by molar-refractivity contribution is 5.26. The lowest BCUT2D eigenvalue weighted by Gasteiger charge is -2.20. The molecular formula is C16H28N2O2. The van der Waals surface area contributed by atoms with Crippen LogP contribution in [0.1, 0.15) is 52.1 Å². The fourth-order valence-electron chi connectivity index (χ4n) is 2.11. The molecule has 1 aromatic rings. The monoisotopic (exact) mass is 280 g/mol. The lowest BCUT2D eigenvalue weighted by Crippen LogP contribution is -2.22. The van der Waals surface area contributed by atoms with Crippen LogP contribution >= 0.6 is 0 Å². The molecule has 1 rings (SSSR count). The van der Waals surface area contributed by atoms with Crippen molar-refractivity contribution in [2.45, 2.75) is 58.8 Å². The maximum atomic E-state index is 5.71. The van der Waals surface area contributed by atoms with Gasteiger partial charge in [0.1, 0.15) is 5.75 Å². The van der Waals surface area contributed by atoms with Gasteiger partial charge in [0, 0.05) is 19.3 Å². The van der Waals surface area contributed by atoms with Crippen LogP contribution in [0.5, 0.6) is 5.75 Å². The second-order valence-corrected chi connectivity index (χ2v) is 5.35. The average Bonchev–Trinajstić information content (AvgIpc) is 2.42. The average molecular weight is 280 g/mol. The summed E-state index contributed by atoms with van der Waals surface area (Å²) in [5, 5.41) is 3.51. The van der Waals surface area contributed by atoms with Gasteiger partial charge in [-0.15, -0.1) is 0 Å². The number of nitrogens with zero attached hydrogens (tertiary/aromatic N) is 1. The molecule has 2 atom stereocenters. The van der Waals surface area contributed by atoms with E-state index in [-0.39, 0.29) is 12.2 Å². The van der Waals surface area contributed by atoms with Gasteiger partial charge < -0.3 is 14.8 Å². The van der Waals surface area contributed by atoms with Gasteiger partial charge >= 0.3 is 0 Å². The second kappa shape index (κ2) is 8.93. The Bertz CT molecular complexity index is 382. The van der Waals surface area contributed by atoms with E-state index >= 15 is 0 Å². The smallest absolute Gasteiger partial charge is 0.138 e. The fraction of sp³-hybridized carbons (Fsp3) is 0.688. The molecule has 0 saturated heterocycles. The van der Waals surface area contributed by atoms with Crippen molar-refractivity contribution >= 4 is 0 Å². The Balaban J connectivity index is 2.74. The van der Waals surface area contributed by atoms with E-state index in [4.69, 9.17) is 9.47 Å². The molecule has 0 radical (unpaired) electrons. The van der Waals surface area contributed by atoms with E-state index in [1.807, 2.05) is 20.0 Å². The minimum Gasteiger partial charge on any atom is -0.489 e. The maximum absolute atomic E-state index is 5.71. The van der Waals surface area contributed by atoms with E-state index in [0.29, 0.717) is 6.04 Å². The molecule has 4 nitrogen and oxygen atoms in total. The molecule has 2 unspecified atom stereocenters. The maximum Gasteiger partial charge on any atom is 0.138 e. The van der Waals surface area contributed by atoms with Gasteiger partial charge in [-0.1, -0.05) is 6.92 Å². The highest BCUT2D eigenvalue weighted by Gasteiger charge is 2.13. The highest BCUT2D eigenvalue weighted by atomic mass is 16.5. The molecule has 1 N–H and O–H groups in total. The molecule has 0 bridgehead atoms. The van der Waals surface area contributed by atoms with Gasteiger partial charge in [-0.2, -0.15) is 0 Å². The Kier molecular flexibility index (Phi) is 7.55. The molecule has 20 heavy (non-hydrogen) atoms. The predicted octanol–water partition coefficient (Wildman–Crippen LogP) is 3.33. The first-order valence-electron chi connectivity index (χ1n) is 7.44. The normalized spacial score (nSPS) is 14.3. The summed E-state index contributed by atoms with van der Waals surface area (Å²) in [6.07, 6.45) is 6.17. The lowest BCUT2D eigenvalue weighted by molar-refractivity contribution is 0.106. The molecule has 1 heterocycles. The van der Waals surface area contributed by atoms with Crippen LogP contribution < -0.4 is 10.1 Å². The van der Waals surface area contributed by atoms with Gasteiger partial charge in [0.25, 0.3) is 0 Å². The lowest BCUT2D eigenvalue weighted by atomic mass is 10.0. The van der Waals surface area contributed by atoms with E-state index in [1.54, 1.807) is 13.3 Å².